The Bertz CT molecular complexity index is 322. The number of nitrogens with one attached hydrogen (secondary N) is 2. The zero-order valence-electron chi connectivity index (χ0n) is 6.76. The third-order valence-electron chi connectivity index (χ3n) is 1.04. The molecule has 5 nitrogen and oxygen atoms in total. The Morgan fingerprint density at radius 1 is 1.50 bits per heavy atom. The average Bonchev–Trinajstić information content (AvgIpc) is 1.81. The molecule has 0 amide bonds. The highest BCUT2D eigenvalue weighted by Gasteiger charge is 2.00. The van der Waals surface area contributed by atoms with Gasteiger partial charge in [-0.3, -0.25) is 4.98 Å². The minimum atomic E-state index is -0.502. The second kappa shape index (κ2) is 3.53. The quantitative estimate of drug-likeness (QED) is 0.715. The molecule has 12 heavy (non-hydrogen) atoms. The van der Waals surface area contributed by atoms with Crippen molar-refractivity contribution < 1.29 is 0 Å². The molecular weight excluding hydrogens is 180 g/mol. The fourth-order valence-corrected chi connectivity index (χ4v) is 0.842. The molecule has 0 spiro atoms. The zero-order valence-corrected chi connectivity index (χ0v) is 7.51. The van der Waals surface area contributed by atoms with Gasteiger partial charge in [0, 0.05) is 6.04 Å². The van der Waals surface area contributed by atoms with Crippen LogP contribution in [0.2, 0.25) is 5.28 Å². The first kappa shape index (κ1) is 8.99. The lowest BCUT2D eigenvalue weighted by atomic mass is 10.4. The van der Waals surface area contributed by atoms with Gasteiger partial charge in [-0.15, -0.1) is 0 Å². The first-order valence-corrected chi connectivity index (χ1v) is 3.86. The monoisotopic (exact) mass is 188 g/mol. The highest BCUT2D eigenvalue weighted by atomic mass is 35.5. The lowest BCUT2D eigenvalue weighted by Gasteiger charge is -2.06. The topological polar surface area (TPSA) is 70.7 Å². The van der Waals surface area contributed by atoms with Gasteiger partial charge in [0.25, 0.3) is 0 Å². The van der Waals surface area contributed by atoms with E-state index in [1.54, 1.807) is 0 Å². The second-order valence-corrected chi connectivity index (χ2v) is 2.93. The highest BCUT2D eigenvalue weighted by molar-refractivity contribution is 6.28. The van der Waals surface area contributed by atoms with Gasteiger partial charge in [-0.05, 0) is 25.4 Å². The van der Waals surface area contributed by atoms with E-state index in [1.807, 2.05) is 13.8 Å². The summed E-state index contributed by atoms with van der Waals surface area (Å²) < 4.78 is 0. The van der Waals surface area contributed by atoms with E-state index in [9.17, 15) is 4.79 Å². The largest absolute Gasteiger partial charge is 0.352 e. The molecule has 0 aromatic carbocycles. The number of nitrogens with zero attached hydrogens (tertiary/aromatic N) is 2. The maximum Gasteiger partial charge on any atom is 0.350 e. The summed E-state index contributed by atoms with van der Waals surface area (Å²) in [7, 11) is 0. The Morgan fingerprint density at radius 2 is 2.17 bits per heavy atom. The molecule has 0 atom stereocenters. The van der Waals surface area contributed by atoms with Crippen molar-refractivity contribution in [1.82, 2.24) is 15.0 Å². The van der Waals surface area contributed by atoms with Crippen molar-refractivity contribution in [2.24, 2.45) is 0 Å². The molecule has 1 aromatic rings. The van der Waals surface area contributed by atoms with Gasteiger partial charge in [0.2, 0.25) is 11.2 Å². The van der Waals surface area contributed by atoms with Crippen LogP contribution in [-0.4, -0.2) is 21.0 Å². The fraction of sp³-hybridized carbons (Fsp3) is 0.500. The van der Waals surface area contributed by atoms with Crippen LogP contribution >= 0.6 is 11.6 Å². The molecule has 0 unspecified atom stereocenters. The Morgan fingerprint density at radius 3 is 2.67 bits per heavy atom. The van der Waals surface area contributed by atoms with E-state index < -0.39 is 5.69 Å². The maximum atomic E-state index is 10.8. The van der Waals surface area contributed by atoms with Crippen LogP contribution < -0.4 is 11.0 Å². The Kier molecular flexibility index (Phi) is 2.65. The summed E-state index contributed by atoms with van der Waals surface area (Å²) in [6.45, 7) is 3.83. The summed E-state index contributed by atoms with van der Waals surface area (Å²) in [5, 5.41) is 2.90. The number of H-pyrrole nitrogens is 1. The van der Waals surface area contributed by atoms with Gasteiger partial charge in [-0.25, -0.2) is 4.79 Å². The molecule has 0 radical (unpaired) electrons. The summed E-state index contributed by atoms with van der Waals surface area (Å²) in [4.78, 5) is 20.3. The number of aromatic amines is 1. The van der Waals surface area contributed by atoms with Crippen molar-refractivity contribution in [3.8, 4) is 0 Å². The SMILES string of the molecule is CC(C)Nc1nc(Cl)[nH]c(=O)n1. The second-order valence-electron chi connectivity index (χ2n) is 2.57. The van der Waals surface area contributed by atoms with Crippen LogP contribution in [0.3, 0.4) is 0 Å². The van der Waals surface area contributed by atoms with Crippen molar-refractivity contribution in [3.63, 3.8) is 0 Å². The summed E-state index contributed by atoms with van der Waals surface area (Å²) in [5.74, 6) is 0.249. The minimum absolute atomic E-state index is 0.0400. The lowest BCUT2D eigenvalue weighted by molar-refractivity contribution is 0.857. The van der Waals surface area contributed by atoms with Crippen molar-refractivity contribution in [2.45, 2.75) is 19.9 Å². The van der Waals surface area contributed by atoms with Crippen LogP contribution in [0.4, 0.5) is 5.95 Å². The van der Waals surface area contributed by atoms with Gasteiger partial charge in [-0.1, -0.05) is 0 Å². The Hall–Kier alpha value is -1.10. The van der Waals surface area contributed by atoms with Crippen LogP contribution in [0.5, 0.6) is 0 Å². The minimum Gasteiger partial charge on any atom is -0.352 e. The van der Waals surface area contributed by atoms with Crippen LogP contribution in [0, 0.1) is 0 Å². The van der Waals surface area contributed by atoms with Crippen molar-refractivity contribution in [1.29, 1.82) is 0 Å². The first-order chi connectivity index (χ1) is 5.58. The standard InChI is InChI=1S/C6H9ClN4O/c1-3(2)8-5-9-4(7)10-6(12)11-5/h3H,1-2H3,(H2,8,9,10,11,12). The number of hydrogen-bond donors (Lipinski definition) is 2. The van der Waals surface area contributed by atoms with Gasteiger partial charge < -0.3 is 5.32 Å². The smallest absolute Gasteiger partial charge is 0.350 e. The number of aromatic nitrogens is 3. The molecule has 0 aliphatic rings. The molecule has 1 aromatic heterocycles. The summed E-state index contributed by atoms with van der Waals surface area (Å²) >= 11 is 5.49. The van der Waals surface area contributed by atoms with E-state index in [-0.39, 0.29) is 17.3 Å². The van der Waals surface area contributed by atoms with Gasteiger partial charge >= 0.3 is 5.69 Å². The molecule has 1 heterocycles. The van der Waals surface area contributed by atoms with E-state index in [1.165, 1.54) is 0 Å². The lowest BCUT2D eigenvalue weighted by Crippen LogP contribution is -2.19. The molecule has 6 heteroatoms. The summed E-state index contributed by atoms with van der Waals surface area (Å²) in [6, 6.07) is 0.169. The van der Waals surface area contributed by atoms with E-state index in [0.29, 0.717) is 0 Å². The van der Waals surface area contributed by atoms with E-state index in [0.717, 1.165) is 0 Å². The molecule has 0 saturated heterocycles. The van der Waals surface area contributed by atoms with E-state index >= 15 is 0 Å². The predicted molar refractivity (Wildman–Crippen MR) is 46.4 cm³/mol. The first-order valence-electron chi connectivity index (χ1n) is 3.48. The van der Waals surface area contributed by atoms with Gasteiger partial charge in [0.15, 0.2) is 0 Å². The molecular formula is C6H9ClN4O. The van der Waals surface area contributed by atoms with Crippen LogP contribution in [0.1, 0.15) is 13.8 Å². The molecule has 0 bridgehead atoms. The Labute approximate surface area is 74.2 Å². The molecule has 0 saturated carbocycles. The number of rotatable bonds is 2. The number of hydrogen-bond acceptors (Lipinski definition) is 4. The molecule has 2 N–H and O–H groups in total. The van der Waals surface area contributed by atoms with Crippen molar-refractivity contribution in [3.05, 3.63) is 15.8 Å². The molecule has 1 rings (SSSR count). The Balaban J connectivity index is 2.93. The van der Waals surface area contributed by atoms with Crippen LogP contribution in [0.25, 0.3) is 0 Å². The van der Waals surface area contributed by atoms with Crippen molar-refractivity contribution >= 4 is 17.5 Å². The van der Waals surface area contributed by atoms with Crippen LogP contribution in [0.15, 0.2) is 4.79 Å². The normalized spacial score (nSPS) is 10.3. The average molecular weight is 189 g/mol. The maximum absolute atomic E-state index is 10.8. The third-order valence-corrected chi connectivity index (χ3v) is 1.22. The molecule has 0 fully saturated rings. The van der Waals surface area contributed by atoms with Gasteiger partial charge in [-0.2, -0.15) is 9.97 Å². The summed E-state index contributed by atoms with van der Waals surface area (Å²) in [6.07, 6.45) is 0. The highest BCUT2D eigenvalue weighted by Crippen LogP contribution is 2.00. The predicted octanol–water partition coefficient (Wildman–Crippen LogP) is 0.639. The van der Waals surface area contributed by atoms with Crippen molar-refractivity contribution in [2.75, 3.05) is 5.32 Å². The number of halogens is 1. The van der Waals surface area contributed by atoms with E-state index in [4.69, 9.17) is 11.6 Å². The number of anilines is 1. The summed E-state index contributed by atoms with van der Waals surface area (Å²) in [5.41, 5.74) is -0.502. The molecule has 66 valence electrons. The van der Waals surface area contributed by atoms with E-state index in [2.05, 4.69) is 20.3 Å². The zero-order chi connectivity index (χ0) is 9.14. The van der Waals surface area contributed by atoms with Crippen LogP contribution in [-0.2, 0) is 0 Å². The third kappa shape index (κ3) is 2.50. The molecule has 0 aliphatic heterocycles. The van der Waals surface area contributed by atoms with Gasteiger partial charge in [0.1, 0.15) is 0 Å². The fourth-order valence-electron chi connectivity index (χ4n) is 0.681. The molecule has 0 aliphatic carbocycles. The van der Waals surface area contributed by atoms with Gasteiger partial charge in [0.05, 0.1) is 0 Å².